The molecule has 0 aliphatic heterocycles. The summed E-state index contributed by atoms with van der Waals surface area (Å²) in [5.41, 5.74) is 12.3. The van der Waals surface area contributed by atoms with E-state index in [0.717, 1.165) is 29.8 Å². The molecule has 10 heteroatoms. The number of rotatable bonds is 11. The third kappa shape index (κ3) is 6.26. The van der Waals surface area contributed by atoms with Crippen molar-refractivity contribution in [3.05, 3.63) is 89.9 Å². The van der Waals surface area contributed by atoms with Gasteiger partial charge < -0.3 is 16.5 Å². The van der Waals surface area contributed by atoms with E-state index in [2.05, 4.69) is 25.9 Å². The lowest BCUT2D eigenvalue weighted by Crippen LogP contribution is -2.23. The summed E-state index contributed by atoms with van der Waals surface area (Å²) in [6.07, 6.45) is 8.45. The van der Waals surface area contributed by atoms with E-state index in [0.29, 0.717) is 37.3 Å². The Labute approximate surface area is 196 Å². The van der Waals surface area contributed by atoms with E-state index in [9.17, 15) is 9.18 Å². The maximum absolute atomic E-state index is 13.3. The summed E-state index contributed by atoms with van der Waals surface area (Å²) in [7, 11) is 0. The van der Waals surface area contributed by atoms with Gasteiger partial charge in [-0.05, 0) is 55.3 Å². The van der Waals surface area contributed by atoms with Crippen molar-refractivity contribution in [2.24, 2.45) is 5.73 Å². The van der Waals surface area contributed by atoms with E-state index in [1.165, 1.54) is 12.1 Å². The van der Waals surface area contributed by atoms with E-state index in [-0.39, 0.29) is 11.7 Å². The van der Waals surface area contributed by atoms with Gasteiger partial charge in [-0.15, -0.1) is 0 Å². The molecular weight excluding hydrogens is 435 g/mol. The Morgan fingerprint density at radius 1 is 1.15 bits per heavy atom. The average Bonchev–Trinajstić information content (AvgIpc) is 3.51. The Balaban J connectivity index is 1.27. The second kappa shape index (κ2) is 11.2. The van der Waals surface area contributed by atoms with Gasteiger partial charge in [-0.2, -0.15) is 15.0 Å². The summed E-state index contributed by atoms with van der Waals surface area (Å²) >= 11 is 0. The maximum atomic E-state index is 13.3. The minimum Gasteiger partial charge on any atom is -0.346 e. The molecule has 0 bridgehead atoms. The van der Waals surface area contributed by atoms with Gasteiger partial charge in [0.25, 0.3) is 5.91 Å². The molecule has 0 unspecified atom stereocenters. The summed E-state index contributed by atoms with van der Waals surface area (Å²) in [6, 6.07) is 11.9. The van der Waals surface area contributed by atoms with Gasteiger partial charge in [0.2, 0.25) is 0 Å². The number of nitrogens with two attached hydrogens (primary N) is 1. The summed E-state index contributed by atoms with van der Waals surface area (Å²) in [5.74, 6) is -0.457. The second-order valence-electron chi connectivity index (χ2n) is 7.79. The lowest BCUT2D eigenvalue weighted by molar-refractivity contribution is 0.0950. The maximum Gasteiger partial charge on any atom is 0.253 e. The average molecular weight is 463 g/mol. The number of halogens is 1. The zero-order valence-corrected chi connectivity index (χ0v) is 18.7. The third-order valence-electron chi connectivity index (χ3n) is 5.20. The number of hydrogen-bond acceptors (Lipinski definition) is 6. The van der Waals surface area contributed by atoms with Crippen molar-refractivity contribution in [1.29, 1.82) is 0 Å². The van der Waals surface area contributed by atoms with Gasteiger partial charge in [0, 0.05) is 31.0 Å². The highest BCUT2D eigenvalue weighted by Crippen LogP contribution is 2.16. The van der Waals surface area contributed by atoms with Crippen LogP contribution in [0, 0.1) is 5.82 Å². The van der Waals surface area contributed by atoms with Crippen molar-refractivity contribution < 1.29 is 9.18 Å². The van der Waals surface area contributed by atoms with Crippen LogP contribution in [-0.2, 0) is 19.5 Å². The molecule has 0 saturated carbocycles. The molecule has 4 N–H and O–H groups in total. The Hall–Kier alpha value is -4.05. The highest BCUT2D eigenvalue weighted by Gasteiger charge is 2.09. The summed E-state index contributed by atoms with van der Waals surface area (Å²) in [5, 5.41) is 11.5. The third-order valence-corrected chi connectivity index (χ3v) is 5.20. The summed E-state index contributed by atoms with van der Waals surface area (Å²) in [6.45, 7) is 2.31. The number of carbonyl (C=O) groups excluding carboxylic acids is 1. The molecule has 0 atom stereocenters. The Bertz CT molecular complexity index is 1220. The molecule has 34 heavy (non-hydrogen) atoms. The number of amides is 1. The molecule has 4 rings (SSSR count). The first-order valence-electron chi connectivity index (χ1n) is 11.1. The number of hydrogen-bond donors (Lipinski definition) is 3. The first-order chi connectivity index (χ1) is 16.6. The van der Waals surface area contributed by atoms with E-state index in [4.69, 9.17) is 5.73 Å². The van der Waals surface area contributed by atoms with Gasteiger partial charge in [-0.1, -0.05) is 12.1 Å². The van der Waals surface area contributed by atoms with Crippen LogP contribution in [0.15, 0.2) is 67.3 Å². The van der Waals surface area contributed by atoms with E-state index >= 15 is 0 Å². The standard InChI is InChI=1S/C24H27FN8O/c25-21-4-1-3-18(13-21)7-10-29-33-17-20(15-30-33)23-6-5-19(14-27-23)24(34)28-16-22-8-12-32(31-22)11-2-9-26/h1,3-6,8,12-15,17,29H,2,7,9-11,16,26H2,(H,28,34). The van der Waals surface area contributed by atoms with Crippen molar-refractivity contribution in [3.8, 4) is 11.3 Å². The Morgan fingerprint density at radius 3 is 2.85 bits per heavy atom. The molecule has 0 aliphatic rings. The summed E-state index contributed by atoms with van der Waals surface area (Å²) in [4.78, 5) is 18.5. The van der Waals surface area contributed by atoms with Gasteiger partial charge >= 0.3 is 0 Å². The zero-order valence-electron chi connectivity index (χ0n) is 18.7. The molecule has 0 spiro atoms. The van der Waals surface area contributed by atoms with E-state index in [1.807, 2.05) is 29.2 Å². The molecule has 3 aromatic heterocycles. The van der Waals surface area contributed by atoms with Crippen molar-refractivity contribution in [1.82, 2.24) is 30.0 Å². The predicted octanol–water partition coefficient (Wildman–Crippen LogP) is 2.35. The Morgan fingerprint density at radius 2 is 2.06 bits per heavy atom. The highest BCUT2D eigenvalue weighted by molar-refractivity contribution is 5.94. The number of nitrogens with one attached hydrogen (secondary N) is 2. The van der Waals surface area contributed by atoms with Gasteiger partial charge in [-0.3, -0.25) is 14.5 Å². The summed E-state index contributed by atoms with van der Waals surface area (Å²) < 4.78 is 15.1. The second-order valence-corrected chi connectivity index (χ2v) is 7.79. The van der Waals surface area contributed by atoms with Crippen LogP contribution in [0.5, 0.6) is 0 Å². The van der Waals surface area contributed by atoms with Crippen LogP contribution in [0.25, 0.3) is 11.3 Å². The topological polar surface area (TPSA) is 116 Å². The molecule has 0 aliphatic carbocycles. The quantitative estimate of drug-likeness (QED) is 0.315. The van der Waals surface area contributed by atoms with Crippen LogP contribution in [0.4, 0.5) is 4.39 Å². The van der Waals surface area contributed by atoms with Crippen LogP contribution in [0.3, 0.4) is 0 Å². The lowest BCUT2D eigenvalue weighted by Gasteiger charge is -2.06. The first-order valence-corrected chi connectivity index (χ1v) is 11.1. The molecule has 0 fully saturated rings. The minimum absolute atomic E-state index is 0.217. The van der Waals surface area contributed by atoms with Crippen LogP contribution >= 0.6 is 0 Å². The first kappa shape index (κ1) is 23.1. The predicted molar refractivity (Wildman–Crippen MR) is 127 cm³/mol. The van der Waals surface area contributed by atoms with Crippen molar-refractivity contribution in [2.75, 3.05) is 18.5 Å². The lowest BCUT2D eigenvalue weighted by atomic mass is 10.1. The van der Waals surface area contributed by atoms with Crippen molar-refractivity contribution >= 4 is 5.91 Å². The number of benzene rings is 1. The van der Waals surface area contributed by atoms with Gasteiger partial charge in [0.15, 0.2) is 0 Å². The fraction of sp³-hybridized carbons (Fsp3) is 0.250. The number of nitrogens with zero attached hydrogens (tertiary/aromatic N) is 5. The minimum atomic E-state index is -0.240. The molecule has 0 radical (unpaired) electrons. The fourth-order valence-corrected chi connectivity index (χ4v) is 3.40. The number of pyridine rings is 1. The molecule has 9 nitrogen and oxygen atoms in total. The largest absolute Gasteiger partial charge is 0.346 e. The van der Waals surface area contributed by atoms with E-state index < -0.39 is 0 Å². The van der Waals surface area contributed by atoms with Gasteiger partial charge in [0.1, 0.15) is 5.82 Å². The normalized spacial score (nSPS) is 10.9. The van der Waals surface area contributed by atoms with Gasteiger partial charge in [-0.25, -0.2) is 4.39 Å². The van der Waals surface area contributed by atoms with Gasteiger partial charge in [0.05, 0.1) is 35.9 Å². The molecule has 3 heterocycles. The molecule has 1 aromatic carbocycles. The van der Waals surface area contributed by atoms with Crippen molar-refractivity contribution in [3.63, 3.8) is 0 Å². The zero-order chi connectivity index (χ0) is 23.8. The molecule has 0 saturated heterocycles. The van der Waals surface area contributed by atoms with Crippen LogP contribution in [0.2, 0.25) is 0 Å². The highest BCUT2D eigenvalue weighted by atomic mass is 19.1. The smallest absolute Gasteiger partial charge is 0.253 e. The molecule has 1 amide bonds. The van der Waals surface area contributed by atoms with Crippen molar-refractivity contribution in [2.45, 2.75) is 25.9 Å². The Kier molecular flexibility index (Phi) is 7.61. The SMILES string of the molecule is NCCCn1ccc(CNC(=O)c2ccc(-c3cnn(NCCc4cccc(F)c4)c3)nc2)n1. The van der Waals surface area contributed by atoms with Crippen LogP contribution < -0.4 is 16.5 Å². The number of aromatic nitrogens is 5. The number of aryl methyl sites for hydroxylation is 1. The van der Waals surface area contributed by atoms with Crippen LogP contribution in [0.1, 0.15) is 28.0 Å². The van der Waals surface area contributed by atoms with Crippen LogP contribution in [-0.4, -0.2) is 43.7 Å². The number of carbonyl (C=O) groups is 1. The fourth-order valence-electron chi connectivity index (χ4n) is 3.40. The monoisotopic (exact) mass is 462 g/mol. The molecular formula is C24H27FN8O. The van der Waals surface area contributed by atoms with E-state index in [1.54, 1.807) is 35.4 Å². The molecule has 176 valence electrons. The molecule has 4 aromatic rings.